The average Bonchev–Trinajstić information content (AvgIpc) is 2.87. The van der Waals surface area contributed by atoms with Crippen molar-refractivity contribution < 1.29 is 9.66 Å². The number of non-ortho nitro benzene ring substituents is 1. The Morgan fingerprint density at radius 3 is 2.70 bits per heavy atom. The Morgan fingerprint density at radius 2 is 2.00 bits per heavy atom. The number of hydrogen-bond acceptors (Lipinski definition) is 4. The van der Waals surface area contributed by atoms with Crippen LogP contribution in [0.2, 0.25) is 0 Å². The molecule has 20 heavy (non-hydrogen) atoms. The highest BCUT2D eigenvalue weighted by Crippen LogP contribution is 2.33. The van der Waals surface area contributed by atoms with E-state index in [9.17, 15) is 10.1 Å². The molecule has 0 aliphatic heterocycles. The van der Waals surface area contributed by atoms with Gasteiger partial charge in [-0.3, -0.25) is 15.2 Å². The third kappa shape index (κ3) is 2.35. The van der Waals surface area contributed by atoms with E-state index in [-0.39, 0.29) is 5.69 Å². The Labute approximate surface area is 121 Å². The monoisotopic (exact) mass is 333 g/mol. The van der Waals surface area contributed by atoms with Gasteiger partial charge in [0.1, 0.15) is 11.5 Å². The number of H-pyrrole nitrogens is 1. The lowest BCUT2D eigenvalue weighted by molar-refractivity contribution is -0.384. The molecule has 3 aromatic rings. The highest BCUT2D eigenvalue weighted by Gasteiger charge is 2.08. The van der Waals surface area contributed by atoms with Crippen LogP contribution in [-0.4, -0.2) is 15.1 Å². The van der Waals surface area contributed by atoms with Gasteiger partial charge in [-0.05, 0) is 40.2 Å². The predicted molar refractivity (Wildman–Crippen MR) is 77.0 cm³/mol. The summed E-state index contributed by atoms with van der Waals surface area (Å²) in [4.78, 5) is 10.1. The SMILES string of the molecule is O=[N+]([O-])c1ccc(Oc2cc3cn[nH]c3cc2Br)cc1. The Bertz CT molecular complexity index is 783. The largest absolute Gasteiger partial charge is 0.456 e. The van der Waals surface area contributed by atoms with Crippen LogP contribution < -0.4 is 4.74 Å². The van der Waals surface area contributed by atoms with Gasteiger partial charge in [-0.15, -0.1) is 0 Å². The van der Waals surface area contributed by atoms with E-state index < -0.39 is 4.92 Å². The van der Waals surface area contributed by atoms with Gasteiger partial charge in [0.15, 0.2) is 0 Å². The molecule has 7 heteroatoms. The number of aromatic amines is 1. The van der Waals surface area contributed by atoms with E-state index in [0.29, 0.717) is 11.5 Å². The van der Waals surface area contributed by atoms with Gasteiger partial charge in [0, 0.05) is 17.5 Å². The summed E-state index contributed by atoms with van der Waals surface area (Å²) in [6, 6.07) is 9.63. The lowest BCUT2D eigenvalue weighted by Gasteiger charge is -2.07. The van der Waals surface area contributed by atoms with Crippen LogP contribution in [0, 0.1) is 10.1 Å². The average molecular weight is 334 g/mol. The summed E-state index contributed by atoms with van der Waals surface area (Å²) in [5.41, 5.74) is 0.926. The normalized spacial score (nSPS) is 10.7. The first kappa shape index (κ1) is 12.6. The molecule has 0 amide bonds. The molecule has 0 spiro atoms. The van der Waals surface area contributed by atoms with Crippen molar-refractivity contribution in [2.45, 2.75) is 0 Å². The Hall–Kier alpha value is -2.41. The number of hydrogen-bond donors (Lipinski definition) is 1. The fraction of sp³-hybridized carbons (Fsp3) is 0. The maximum Gasteiger partial charge on any atom is 0.269 e. The molecule has 0 aliphatic carbocycles. The number of ether oxygens (including phenoxy) is 1. The Morgan fingerprint density at radius 1 is 1.25 bits per heavy atom. The van der Waals surface area contributed by atoms with Crippen LogP contribution in [-0.2, 0) is 0 Å². The second kappa shape index (κ2) is 4.93. The summed E-state index contributed by atoms with van der Waals surface area (Å²) >= 11 is 3.42. The van der Waals surface area contributed by atoms with E-state index in [2.05, 4.69) is 26.1 Å². The number of rotatable bonds is 3. The topological polar surface area (TPSA) is 81.1 Å². The standard InChI is InChI=1S/C13H8BrN3O3/c14-11-6-12-8(7-15-16-12)5-13(11)20-10-3-1-9(2-4-10)17(18)19/h1-7H,(H,15,16). The molecule has 0 unspecified atom stereocenters. The first-order valence-corrected chi connectivity index (χ1v) is 6.48. The first-order chi connectivity index (χ1) is 9.63. The summed E-state index contributed by atoms with van der Waals surface area (Å²) in [5.74, 6) is 1.15. The summed E-state index contributed by atoms with van der Waals surface area (Å²) in [7, 11) is 0. The zero-order valence-corrected chi connectivity index (χ0v) is 11.6. The molecule has 0 aliphatic rings. The van der Waals surface area contributed by atoms with E-state index >= 15 is 0 Å². The lowest BCUT2D eigenvalue weighted by atomic mass is 10.2. The van der Waals surface area contributed by atoms with E-state index in [4.69, 9.17) is 4.74 Å². The second-order valence-corrected chi connectivity index (χ2v) is 4.95. The zero-order valence-electron chi connectivity index (χ0n) is 10.0. The van der Waals surface area contributed by atoms with Gasteiger partial charge >= 0.3 is 0 Å². The van der Waals surface area contributed by atoms with Crippen molar-refractivity contribution in [1.82, 2.24) is 10.2 Å². The third-order valence-electron chi connectivity index (χ3n) is 2.77. The number of fused-ring (bicyclic) bond motifs is 1. The van der Waals surface area contributed by atoms with Crippen LogP contribution in [0.1, 0.15) is 0 Å². The molecule has 0 saturated heterocycles. The van der Waals surface area contributed by atoms with Gasteiger partial charge < -0.3 is 4.74 Å². The zero-order chi connectivity index (χ0) is 14.1. The quantitative estimate of drug-likeness (QED) is 0.579. The van der Waals surface area contributed by atoms with Crippen molar-refractivity contribution in [3.8, 4) is 11.5 Å². The maximum atomic E-state index is 10.6. The van der Waals surface area contributed by atoms with Gasteiger partial charge in [-0.25, -0.2) is 0 Å². The molecule has 2 aromatic carbocycles. The first-order valence-electron chi connectivity index (χ1n) is 5.68. The predicted octanol–water partition coefficient (Wildman–Crippen LogP) is 4.03. The number of nitro groups is 1. The molecule has 100 valence electrons. The van der Waals surface area contributed by atoms with Gasteiger partial charge in [0.05, 0.1) is 21.1 Å². The third-order valence-corrected chi connectivity index (χ3v) is 3.39. The molecule has 0 saturated carbocycles. The summed E-state index contributed by atoms with van der Waals surface area (Å²) < 4.78 is 6.48. The number of aromatic nitrogens is 2. The highest BCUT2D eigenvalue weighted by atomic mass is 79.9. The molecule has 0 atom stereocenters. The minimum absolute atomic E-state index is 0.0294. The van der Waals surface area contributed by atoms with Crippen molar-refractivity contribution in [2.75, 3.05) is 0 Å². The molecule has 1 heterocycles. The molecule has 1 N–H and O–H groups in total. The molecule has 1 aromatic heterocycles. The highest BCUT2D eigenvalue weighted by molar-refractivity contribution is 9.10. The van der Waals surface area contributed by atoms with Gasteiger partial charge in [-0.1, -0.05) is 0 Å². The number of nitrogens with one attached hydrogen (secondary N) is 1. The minimum Gasteiger partial charge on any atom is -0.456 e. The van der Waals surface area contributed by atoms with Crippen LogP contribution in [0.15, 0.2) is 47.1 Å². The smallest absolute Gasteiger partial charge is 0.269 e. The van der Waals surface area contributed by atoms with E-state index in [1.165, 1.54) is 12.1 Å². The van der Waals surface area contributed by atoms with Gasteiger partial charge in [0.25, 0.3) is 5.69 Å². The van der Waals surface area contributed by atoms with E-state index in [1.807, 2.05) is 12.1 Å². The van der Waals surface area contributed by atoms with E-state index in [1.54, 1.807) is 18.3 Å². The van der Waals surface area contributed by atoms with Crippen molar-refractivity contribution in [3.63, 3.8) is 0 Å². The molecule has 3 rings (SSSR count). The number of halogens is 1. The van der Waals surface area contributed by atoms with Crippen LogP contribution in [0.3, 0.4) is 0 Å². The second-order valence-electron chi connectivity index (χ2n) is 4.09. The van der Waals surface area contributed by atoms with Crippen molar-refractivity contribution in [3.05, 3.63) is 57.2 Å². The van der Waals surface area contributed by atoms with E-state index in [0.717, 1.165) is 15.4 Å². The van der Waals surface area contributed by atoms with Gasteiger partial charge in [0.2, 0.25) is 0 Å². The van der Waals surface area contributed by atoms with Crippen LogP contribution >= 0.6 is 15.9 Å². The van der Waals surface area contributed by atoms with Gasteiger partial charge in [-0.2, -0.15) is 5.10 Å². The molecular weight excluding hydrogens is 326 g/mol. The Kier molecular flexibility index (Phi) is 3.11. The lowest BCUT2D eigenvalue weighted by Crippen LogP contribution is -1.89. The fourth-order valence-electron chi connectivity index (χ4n) is 1.79. The summed E-state index contributed by atoms with van der Waals surface area (Å²) in [6.07, 6.45) is 1.70. The van der Waals surface area contributed by atoms with Crippen molar-refractivity contribution >= 4 is 32.5 Å². The number of nitrogens with zero attached hydrogens (tertiary/aromatic N) is 2. The molecule has 0 bridgehead atoms. The van der Waals surface area contributed by atoms with Crippen molar-refractivity contribution in [2.24, 2.45) is 0 Å². The fourth-order valence-corrected chi connectivity index (χ4v) is 2.21. The van der Waals surface area contributed by atoms with Crippen LogP contribution in [0.25, 0.3) is 10.9 Å². The summed E-state index contributed by atoms with van der Waals surface area (Å²) in [5, 5.41) is 18.3. The van der Waals surface area contributed by atoms with Crippen LogP contribution in [0.5, 0.6) is 11.5 Å². The Balaban J connectivity index is 1.91. The minimum atomic E-state index is -0.447. The molecule has 0 radical (unpaired) electrons. The van der Waals surface area contributed by atoms with Crippen molar-refractivity contribution in [1.29, 1.82) is 0 Å². The number of nitro benzene ring substituents is 1. The summed E-state index contributed by atoms with van der Waals surface area (Å²) in [6.45, 7) is 0. The maximum absolute atomic E-state index is 10.6. The molecule has 0 fully saturated rings. The molecular formula is C13H8BrN3O3. The van der Waals surface area contributed by atoms with Crippen LogP contribution in [0.4, 0.5) is 5.69 Å². The molecule has 6 nitrogen and oxygen atoms in total. The number of benzene rings is 2.